The van der Waals surface area contributed by atoms with E-state index in [1.54, 1.807) is 12.1 Å². The highest BCUT2D eigenvalue weighted by molar-refractivity contribution is 5.92. The number of aromatic nitrogens is 6. The van der Waals surface area contributed by atoms with Crippen LogP contribution in [0.3, 0.4) is 0 Å². The molecule has 0 fully saturated rings. The first-order valence-corrected chi connectivity index (χ1v) is 17.2. The van der Waals surface area contributed by atoms with E-state index in [1.807, 2.05) is 36.4 Å². The summed E-state index contributed by atoms with van der Waals surface area (Å²) in [5, 5.41) is 46.5. The molecule has 0 aliphatic heterocycles. The Morgan fingerprint density at radius 2 is 0.878 bits per heavy atom. The molecule has 49 heavy (non-hydrogen) atoms. The lowest BCUT2D eigenvalue weighted by molar-refractivity contribution is 0.283. The predicted octanol–water partition coefficient (Wildman–Crippen LogP) is 9.99. The molecule has 0 saturated carbocycles. The maximum atomic E-state index is 11.4. The molecule has 8 heteroatoms. The van der Waals surface area contributed by atoms with Gasteiger partial charge in [0.05, 0.1) is 0 Å². The van der Waals surface area contributed by atoms with Crippen LogP contribution in [0.2, 0.25) is 0 Å². The van der Waals surface area contributed by atoms with Crippen LogP contribution in [0.15, 0.2) is 60.7 Å². The standard InChI is InChI=1S/C41H50N6O2/c1-38(2,3)22-40(7,8)24-11-17-34(48)28(19-24)26-13-15-32-36(44-46-42-32)30(26)21-31-27(14-16-33-37(31)45-47-43-33)29-20-25(12-18-35(29)49)41(9,10)23-39(4,5)6/h11-20,48-49H,21-23H2,1-10H3,(H,42,44,46)(H,43,45,47). The minimum Gasteiger partial charge on any atom is -0.507 e. The number of benzene rings is 4. The van der Waals surface area contributed by atoms with Crippen molar-refractivity contribution in [2.75, 3.05) is 0 Å². The van der Waals surface area contributed by atoms with Gasteiger partial charge in [0.15, 0.2) is 0 Å². The van der Waals surface area contributed by atoms with Gasteiger partial charge in [-0.3, -0.25) is 0 Å². The van der Waals surface area contributed by atoms with Crippen LogP contribution in [-0.2, 0) is 17.3 Å². The van der Waals surface area contributed by atoms with Gasteiger partial charge in [-0.1, -0.05) is 93.5 Å². The molecular formula is C41H50N6O2. The van der Waals surface area contributed by atoms with Gasteiger partial charge in [-0.15, -0.1) is 0 Å². The Bertz CT molecular complexity index is 2000. The quantitative estimate of drug-likeness (QED) is 0.129. The molecule has 0 spiro atoms. The predicted molar refractivity (Wildman–Crippen MR) is 199 cm³/mol. The van der Waals surface area contributed by atoms with Crippen LogP contribution in [0.5, 0.6) is 11.5 Å². The number of hydrogen-bond acceptors (Lipinski definition) is 6. The first-order chi connectivity index (χ1) is 22.8. The molecule has 8 nitrogen and oxygen atoms in total. The van der Waals surface area contributed by atoms with Gasteiger partial charge in [0.25, 0.3) is 0 Å². The topological polar surface area (TPSA) is 124 Å². The SMILES string of the molecule is CC(C)(C)CC(C)(C)c1ccc(O)c(-c2ccc3n[nH]nc3c2Cc2c(-c3cc(C(C)(C)CC(C)(C)C)ccc3O)ccc3n[nH]nc23)c1. The summed E-state index contributed by atoms with van der Waals surface area (Å²) < 4.78 is 0. The third-order valence-corrected chi connectivity index (χ3v) is 9.62. The number of phenols is 2. The average Bonchev–Trinajstić information content (AvgIpc) is 3.66. The van der Waals surface area contributed by atoms with E-state index in [1.165, 1.54) is 0 Å². The molecule has 0 radical (unpaired) electrons. The molecule has 256 valence electrons. The lowest BCUT2D eigenvalue weighted by atomic mass is 9.71. The van der Waals surface area contributed by atoms with Crippen molar-refractivity contribution in [1.82, 2.24) is 30.8 Å². The number of H-pyrrole nitrogens is 2. The molecule has 6 aromatic rings. The van der Waals surface area contributed by atoms with Crippen molar-refractivity contribution in [3.05, 3.63) is 82.9 Å². The highest BCUT2D eigenvalue weighted by Gasteiger charge is 2.30. The van der Waals surface area contributed by atoms with Gasteiger partial charge < -0.3 is 10.2 Å². The summed E-state index contributed by atoms with van der Waals surface area (Å²) in [5.74, 6) is 0.399. The van der Waals surface area contributed by atoms with E-state index in [0.717, 1.165) is 68.4 Å². The number of nitrogens with zero attached hydrogens (tertiary/aromatic N) is 4. The van der Waals surface area contributed by atoms with Crippen LogP contribution in [0.4, 0.5) is 0 Å². The van der Waals surface area contributed by atoms with Gasteiger partial charge >= 0.3 is 0 Å². The third kappa shape index (κ3) is 6.91. The van der Waals surface area contributed by atoms with Gasteiger partial charge in [0.2, 0.25) is 0 Å². The van der Waals surface area contributed by atoms with Crippen molar-refractivity contribution in [3.63, 3.8) is 0 Å². The fourth-order valence-corrected chi connectivity index (χ4v) is 8.18. The molecule has 0 atom stereocenters. The second-order valence-electron chi connectivity index (χ2n) is 17.4. The van der Waals surface area contributed by atoms with Gasteiger partial charge in [-0.05, 0) is 104 Å². The van der Waals surface area contributed by atoms with E-state index in [4.69, 9.17) is 0 Å². The van der Waals surface area contributed by atoms with E-state index in [0.29, 0.717) is 17.5 Å². The molecule has 6 rings (SSSR count). The van der Waals surface area contributed by atoms with Crippen LogP contribution in [0, 0.1) is 10.8 Å². The van der Waals surface area contributed by atoms with Gasteiger partial charge in [-0.2, -0.15) is 30.8 Å². The summed E-state index contributed by atoms with van der Waals surface area (Å²) in [6.45, 7) is 22.6. The Kier molecular flexibility index (Phi) is 8.37. The summed E-state index contributed by atoms with van der Waals surface area (Å²) in [4.78, 5) is 0. The minimum absolute atomic E-state index is 0.123. The maximum Gasteiger partial charge on any atom is 0.123 e. The van der Waals surface area contributed by atoms with Crippen molar-refractivity contribution in [2.45, 2.75) is 99.3 Å². The van der Waals surface area contributed by atoms with E-state index >= 15 is 0 Å². The lowest BCUT2D eigenvalue weighted by Crippen LogP contribution is -2.24. The maximum absolute atomic E-state index is 11.4. The van der Waals surface area contributed by atoms with Crippen LogP contribution < -0.4 is 0 Å². The molecule has 2 aromatic heterocycles. The normalized spacial score (nSPS) is 13.1. The smallest absolute Gasteiger partial charge is 0.123 e. The van der Waals surface area contributed by atoms with E-state index < -0.39 is 0 Å². The summed E-state index contributed by atoms with van der Waals surface area (Å²) in [6, 6.07) is 19.8. The molecule has 0 unspecified atom stereocenters. The summed E-state index contributed by atoms with van der Waals surface area (Å²) >= 11 is 0. The second kappa shape index (κ2) is 12.0. The Hall–Kier alpha value is -4.72. The highest BCUT2D eigenvalue weighted by atomic mass is 16.3. The number of rotatable bonds is 8. The molecular weight excluding hydrogens is 608 g/mol. The average molecular weight is 659 g/mol. The van der Waals surface area contributed by atoms with Crippen LogP contribution in [0.1, 0.15) is 104 Å². The number of fused-ring (bicyclic) bond motifs is 2. The number of aromatic amines is 2. The highest BCUT2D eigenvalue weighted by Crippen LogP contribution is 2.45. The van der Waals surface area contributed by atoms with Crippen LogP contribution >= 0.6 is 0 Å². The fourth-order valence-electron chi connectivity index (χ4n) is 8.18. The molecule has 0 aliphatic rings. The monoisotopic (exact) mass is 658 g/mol. The number of hydrogen-bond donors (Lipinski definition) is 4. The van der Waals surface area contributed by atoms with Crippen molar-refractivity contribution < 1.29 is 10.2 Å². The Morgan fingerprint density at radius 1 is 0.490 bits per heavy atom. The molecule has 0 aliphatic carbocycles. The van der Waals surface area contributed by atoms with Crippen LogP contribution in [-0.4, -0.2) is 41.0 Å². The largest absolute Gasteiger partial charge is 0.507 e. The Labute approximate surface area is 289 Å². The van der Waals surface area contributed by atoms with E-state index in [2.05, 4.69) is 112 Å². The van der Waals surface area contributed by atoms with Gasteiger partial charge in [-0.25, -0.2) is 0 Å². The first kappa shape index (κ1) is 34.2. The van der Waals surface area contributed by atoms with Gasteiger partial charge in [0.1, 0.15) is 33.6 Å². The zero-order valence-corrected chi connectivity index (χ0v) is 30.6. The molecule has 0 saturated heterocycles. The molecule has 2 heterocycles. The van der Waals surface area contributed by atoms with E-state index in [9.17, 15) is 10.2 Å². The summed E-state index contributed by atoms with van der Waals surface area (Å²) in [5.41, 5.74) is 10.2. The number of nitrogens with one attached hydrogen (secondary N) is 2. The Morgan fingerprint density at radius 3 is 1.24 bits per heavy atom. The van der Waals surface area contributed by atoms with Crippen LogP contribution in [0.25, 0.3) is 44.3 Å². The fraction of sp³-hybridized carbons (Fsp3) is 0.415. The summed E-state index contributed by atoms with van der Waals surface area (Å²) in [6.07, 6.45) is 2.36. The second-order valence-corrected chi connectivity index (χ2v) is 17.4. The van der Waals surface area contributed by atoms with E-state index in [-0.39, 0.29) is 33.2 Å². The minimum atomic E-state index is -0.123. The first-order valence-electron chi connectivity index (χ1n) is 17.2. The number of phenolic OH excluding ortho intramolecular Hbond substituents is 2. The zero-order chi connectivity index (χ0) is 35.5. The Balaban J connectivity index is 1.55. The third-order valence-electron chi connectivity index (χ3n) is 9.62. The van der Waals surface area contributed by atoms with Crippen molar-refractivity contribution in [3.8, 4) is 33.8 Å². The number of aromatic hydroxyl groups is 2. The zero-order valence-electron chi connectivity index (χ0n) is 30.6. The molecule has 4 N–H and O–H groups in total. The van der Waals surface area contributed by atoms with Gasteiger partial charge in [0, 0.05) is 17.5 Å². The lowest BCUT2D eigenvalue weighted by Gasteiger charge is -2.33. The molecule has 0 bridgehead atoms. The van der Waals surface area contributed by atoms with Crippen molar-refractivity contribution in [1.29, 1.82) is 0 Å². The molecule has 0 amide bonds. The van der Waals surface area contributed by atoms with Crippen molar-refractivity contribution >= 4 is 22.1 Å². The van der Waals surface area contributed by atoms with Crippen molar-refractivity contribution in [2.24, 2.45) is 10.8 Å². The summed E-state index contributed by atoms with van der Waals surface area (Å²) in [7, 11) is 0. The molecule has 4 aromatic carbocycles.